The Morgan fingerprint density at radius 2 is 1.69 bits per heavy atom. The third kappa shape index (κ3) is 2.74. The third-order valence-corrected chi connectivity index (χ3v) is 7.18. The number of fused-ring (bicyclic) bond motifs is 5. The summed E-state index contributed by atoms with van der Waals surface area (Å²) in [5.41, 5.74) is 6.27. The van der Waals surface area contributed by atoms with Gasteiger partial charge in [-0.25, -0.2) is 0 Å². The molecule has 0 saturated carbocycles. The molecule has 0 bridgehead atoms. The summed E-state index contributed by atoms with van der Waals surface area (Å²) < 4.78 is 17.1. The van der Waals surface area contributed by atoms with Crippen LogP contribution in [0.25, 0.3) is 21.6 Å². The fourth-order valence-electron chi connectivity index (χ4n) is 5.47. The normalized spacial score (nSPS) is 14.7. The lowest BCUT2D eigenvalue weighted by atomic mass is 9.83. The van der Waals surface area contributed by atoms with Gasteiger partial charge in [0, 0.05) is 27.6 Å². The summed E-state index contributed by atoms with van der Waals surface area (Å²) in [6.45, 7) is 0. The maximum Gasteiger partial charge on any atom is 0.169 e. The lowest BCUT2D eigenvalue weighted by Crippen LogP contribution is -2.24. The van der Waals surface area contributed by atoms with E-state index in [1.807, 2.05) is 12.1 Å². The van der Waals surface area contributed by atoms with E-state index in [9.17, 15) is 0 Å². The van der Waals surface area contributed by atoms with Crippen molar-refractivity contribution in [2.75, 3.05) is 14.2 Å². The highest BCUT2D eigenvalue weighted by Crippen LogP contribution is 2.32. The van der Waals surface area contributed by atoms with Crippen molar-refractivity contribution in [1.29, 1.82) is 0 Å². The molecule has 0 fully saturated rings. The molecule has 0 unspecified atom stereocenters. The first-order chi connectivity index (χ1) is 15.7. The Balaban J connectivity index is 1.72. The molecular weight excluding hydrogens is 420 g/mol. The Morgan fingerprint density at radius 3 is 2.53 bits per heavy atom. The van der Waals surface area contributed by atoms with Gasteiger partial charge in [0.15, 0.2) is 11.5 Å². The van der Waals surface area contributed by atoms with Crippen molar-refractivity contribution in [2.45, 2.75) is 25.7 Å². The summed E-state index contributed by atoms with van der Waals surface area (Å²) in [4.78, 5) is 0. The Morgan fingerprint density at radius 1 is 0.844 bits per heavy atom. The summed E-state index contributed by atoms with van der Waals surface area (Å²) >= 11 is 6.91. The van der Waals surface area contributed by atoms with Crippen LogP contribution in [0.1, 0.15) is 29.5 Å². The Hall–Kier alpha value is -3.17. The van der Waals surface area contributed by atoms with Crippen LogP contribution in [0.3, 0.4) is 0 Å². The molecule has 2 aliphatic carbocycles. The fraction of sp³-hybridized carbons (Fsp3) is 0.214. The van der Waals surface area contributed by atoms with Crippen LogP contribution in [0.4, 0.5) is 0 Å². The average Bonchev–Trinajstić information content (AvgIpc) is 3.32. The topological polar surface area (TPSA) is 31.6 Å². The van der Waals surface area contributed by atoms with E-state index in [1.165, 1.54) is 32.7 Å². The van der Waals surface area contributed by atoms with Crippen LogP contribution < -0.4 is 19.9 Å². The molecule has 0 amide bonds. The molecule has 2 aliphatic rings. The first-order valence-electron chi connectivity index (χ1n) is 11.0. The van der Waals surface area contributed by atoms with Crippen molar-refractivity contribution in [1.82, 2.24) is 0 Å². The molecule has 160 valence electrons. The third-order valence-electron chi connectivity index (χ3n) is 6.85. The molecule has 1 aromatic heterocycles. The quantitative estimate of drug-likeness (QED) is 0.438. The molecule has 0 spiro atoms. The summed E-state index contributed by atoms with van der Waals surface area (Å²) in [5, 5.41) is 6.57. The van der Waals surface area contributed by atoms with Crippen molar-refractivity contribution >= 4 is 33.2 Å². The number of hydrogen-bond donors (Lipinski definition) is 0. The van der Waals surface area contributed by atoms with Crippen LogP contribution in [-0.4, -0.2) is 14.2 Å². The van der Waals surface area contributed by atoms with Gasteiger partial charge in [0.2, 0.25) is 0 Å². The molecule has 3 nitrogen and oxygen atoms in total. The number of hydrogen-bond acceptors (Lipinski definition) is 3. The Kier molecular flexibility index (Phi) is 4.55. The molecule has 0 radical (unpaired) electrons. The summed E-state index contributed by atoms with van der Waals surface area (Å²) in [6.07, 6.45) is 5.70. The smallest absolute Gasteiger partial charge is 0.169 e. The van der Waals surface area contributed by atoms with E-state index in [0.717, 1.165) is 45.7 Å². The number of benzene rings is 3. The van der Waals surface area contributed by atoms with Crippen LogP contribution >= 0.6 is 11.6 Å². The number of methoxy groups -OCH3 is 2. The first-order valence-corrected chi connectivity index (χ1v) is 11.3. The second-order valence-electron chi connectivity index (χ2n) is 8.40. The lowest BCUT2D eigenvalue weighted by Gasteiger charge is -2.22. The van der Waals surface area contributed by atoms with Gasteiger partial charge in [0.1, 0.15) is 5.58 Å². The molecule has 4 aromatic rings. The minimum atomic E-state index is 0.702. The number of furan rings is 1. The van der Waals surface area contributed by atoms with Gasteiger partial charge in [0.05, 0.1) is 20.5 Å². The molecule has 0 aliphatic heterocycles. The van der Waals surface area contributed by atoms with Gasteiger partial charge in [-0.2, -0.15) is 0 Å². The van der Waals surface area contributed by atoms with E-state index in [1.54, 1.807) is 20.5 Å². The predicted molar refractivity (Wildman–Crippen MR) is 128 cm³/mol. The van der Waals surface area contributed by atoms with E-state index < -0.39 is 0 Å². The van der Waals surface area contributed by atoms with Gasteiger partial charge in [-0.15, -0.1) is 0 Å². The number of ether oxygens (including phenoxy) is 2. The van der Waals surface area contributed by atoms with Crippen molar-refractivity contribution in [2.24, 2.45) is 0 Å². The molecule has 4 heteroatoms. The van der Waals surface area contributed by atoms with E-state index in [2.05, 4.69) is 36.4 Å². The van der Waals surface area contributed by atoms with Crippen LogP contribution in [0.15, 0.2) is 59.2 Å². The van der Waals surface area contributed by atoms with Crippen LogP contribution in [0.5, 0.6) is 11.5 Å². The van der Waals surface area contributed by atoms with Gasteiger partial charge in [-0.1, -0.05) is 41.9 Å². The maximum atomic E-state index is 6.91. The molecule has 0 saturated heterocycles. The van der Waals surface area contributed by atoms with Crippen LogP contribution in [0.2, 0.25) is 0 Å². The molecule has 32 heavy (non-hydrogen) atoms. The fourth-order valence-corrected chi connectivity index (χ4v) is 5.79. The second-order valence-corrected chi connectivity index (χ2v) is 8.86. The standard InChI is InChI=1S/C28H23ClO3/c1-30-25-12-11-21-20-10-9-19-17(22-8-3-5-16-13-14-32-27(16)22)6-4-7-18(19)23(20)15-24(29)26(21)28(25)31-2/h3,5,8-14H,4,6-7,15H2,1-2H3. The molecule has 0 N–H and O–H groups in total. The summed E-state index contributed by atoms with van der Waals surface area (Å²) in [7, 11) is 3.32. The highest BCUT2D eigenvalue weighted by Gasteiger charge is 2.22. The van der Waals surface area contributed by atoms with Crippen molar-refractivity contribution < 1.29 is 13.9 Å². The average molecular weight is 443 g/mol. The zero-order valence-corrected chi connectivity index (χ0v) is 18.9. The van der Waals surface area contributed by atoms with Gasteiger partial charge in [-0.3, -0.25) is 0 Å². The predicted octanol–water partition coefficient (Wildman–Crippen LogP) is 5.18. The molecule has 0 atom stereocenters. The highest BCUT2D eigenvalue weighted by atomic mass is 35.5. The van der Waals surface area contributed by atoms with Crippen LogP contribution in [0, 0.1) is 10.4 Å². The van der Waals surface area contributed by atoms with Crippen molar-refractivity contribution in [3.05, 3.63) is 92.4 Å². The lowest BCUT2D eigenvalue weighted by molar-refractivity contribution is 0.352. The van der Waals surface area contributed by atoms with Gasteiger partial charge in [0.25, 0.3) is 0 Å². The maximum absolute atomic E-state index is 6.91. The zero-order valence-electron chi connectivity index (χ0n) is 18.1. The van der Waals surface area contributed by atoms with Crippen LogP contribution in [-0.2, 0) is 12.8 Å². The zero-order chi connectivity index (χ0) is 21.8. The Labute approximate surface area is 190 Å². The number of para-hydroxylation sites is 1. The van der Waals surface area contributed by atoms with Crippen molar-refractivity contribution in [3.8, 4) is 11.5 Å². The minimum Gasteiger partial charge on any atom is -0.493 e. The summed E-state index contributed by atoms with van der Waals surface area (Å²) in [5.74, 6) is 1.41. The minimum absolute atomic E-state index is 0.702. The first kappa shape index (κ1) is 19.5. The van der Waals surface area contributed by atoms with E-state index >= 15 is 0 Å². The van der Waals surface area contributed by atoms with E-state index in [0.29, 0.717) is 17.9 Å². The molecule has 6 rings (SSSR count). The van der Waals surface area contributed by atoms with Crippen molar-refractivity contribution in [3.63, 3.8) is 0 Å². The van der Waals surface area contributed by atoms with Gasteiger partial charge < -0.3 is 13.9 Å². The van der Waals surface area contributed by atoms with E-state index in [-0.39, 0.29) is 0 Å². The monoisotopic (exact) mass is 442 g/mol. The highest BCUT2D eigenvalue weighted by molar-refractivity contribution is 6.45. The summed E-state index contributed by atoms with van der Waals surface area (Å²) in [6, 6.07) is 17.0. The number of halogens is 1. The van der Waals surface area contributed by atoms with Gasteiger partial charge >= 0.3 is 0 Å². The van der Waals surface area contributed by atoms with E-state index in [4.69, 9.17) is 25.5 Å². The SMILES string of the molecule is COc1ccc2c(c1OC)=C(Cl)Cc1c3c(ccc1=2)=C(c1cccc2ccoc12)CCC3. The Bertz CT molecular complexity index is 1610. The molecule has 3 aromatic carbocycles. The molecule has 1 heterocycles. The molecular formula is C28H23ClO3. The second kappa shape index (κ2) is 7.46. The number of rotatable bonds is 3. The van der Waals surface area contributed by atoms with Gasteiger partial charge in [-0.05, 0) is 69.8 Å². The largest absolute Gasteiger partial charge is 0.493 e.